The molecule has 24 heavy (non-hydrogen) atoms. The van der Waals surface area contributed by atoms with Crippen LogP contribution in [0.1, 0.15) is 17.2 Å². The number of benzene rings is 1. The molecule has 1 aromatic heterocycles. The molecule has 0 aliphatic carbocycles. The van der Waals surface area contributed by atoms with Crippen molar-refractivity contribution in [3.05, 3.63) is 52.8 Å². The molecule has 0 saturated carbocycles. The standard InChI is InChI=1S/C19H25ClN4/c1-14-5-3-4-6-17(14)19-18-13-23(11-15(18)10-22(19)2)7-8-24-12-16(20)9-21-24/h3-6,9,12,15,18-19H,7-8,10-11,13H2,1-2H3/t15-,18+,19+/m0/s1. The molecule has 1 aromatic carbocycles. The quantitative estimate of drug-likeness (QED) is 0.852. The molecule has 0 unspecified atom stereocenters. The Bertz CT molecular complexity index is 713. The summed E-state index contributed by atoms with van der Waals surface area (Å²) in [7, 11) is 2.28. The van der Waals surface area contributed by atoms with Crippen molar-refractivity contribution in [2.75, 3.05) is 33.2 Å². The number of halogens is 1. The first-order valence-corrected chi connectivity index (χ1v) is 9.15. The molecule has 3 atom stereocenters. The minimum atomic E-state index is 0.556. The van der Waals surface area contributed by atoms with Crippen LogP contribution in [-0.2, 0) is 6.54 Å². The summed E-state index contributed by atoms with van der Waals surface area (Å²) < 4.78 is 1.95. The van der Waals surface area contributed by atoms with E-state index >= 15 is 0 Å². The van der Waals surface area contributed by atoms with Crippen molar-refractivity contribution in [1.82, 2.24) is 19.6 Å². The number of fused-ring (bicyclic) bond motifs is 1. The van der Waals surface area contributed by atoms with Gasteiger partial charge < -0.3 is 4.90 Å². The van der Waals surface area contributed by atoms with Gasteiger partial charge >= 0.3 is 0 Å². The van der Waals surface area contributed by atoms with Crippen molar-refractivity contribution >= 4 is 11.6 Å². The summed E-state index contributed by atoms with van der Waals surface area (Å²) in [5.74, 6) is 1.51. The Morgan fingerprint density at radius 1 is 1.17 bits per heavy atom. The SMILES string of the molecule is Cc1ccccc1[C@@H]1[C@@H]2CN(CCn3cc(Cl)cn3)C[C@@H]2CN1C. The van der Waals surface area contributed by atoms with Crippen LogP contribution in [0.15, 0.2) is 36.7 Å². The van der Waals surface area contributed by atoms with Crippen LogP contribution in [0.25, 0.3) is 0 Å². The summed E-state index contributed by atoms with van der Waals surface area (Å²) in [5, 5.41) is 5.00. The summed E-state index contributed by atoms with van der Waals surface area (Å²) in [6.07, 6.45) is 3.62. The van der Waals surface area contributed by atoms with Crippen molar-refractivity contribution in [3.63, 3.8) is 0 Å². The average Bonchev–Trinajstić information content (AvgIpc) is 3.21. The lowest BCUT2D eigenvalue weighted by Gasteiger charge is -2.28. The van der Waals surface area contributed by atoms with E-state index in [1.165, 1.54) is 30.8 Å². The second-order valence-electron chi connectivity index (χ2n) is 7.35. The summed E-state index contributed by atoms with van der Waals surface area (Å²) in [5.41, 5.74) is 2.92. The molecule has 0 bridgehead atoms. The lowest BCUT2D eigenvalue weighted by molar-refractivity contribution is 0.222. The number of nitrogens with zero attached hydrogens (tertiary/aromatic N) is 4. The van der Waals surface area contributed by atoms with E-state index in [4.69, 9.17) is 11.6 Å². The molecular weight excluding hydrogens is 320 g/mol. The minimum absolute atomic E-state index is 0.556. The van der Waals surface area contributed by atoms with Gasteiger partial charge in [-0.3, -0.25) is 9.58 Å². The highest BCUT2D eigenvalue weighted by Gasteiger charge is 2.46. The van der Waals surface area contributed by atoms with Gasteiger partial charge in [-0.25, -0.2) is 0 Å². The largest absolute Gasteiger partial charge is 0.301 e. The molecule has 0 spiro atoms. The molecule has 0 amide bonds. The van der Waals surface area contributed by atoms with E-state index in [-0.39, 0.29) is 0 Å². The molecule has 0 radical (unpaired) electrons. The number of aryl methyl sites for hydroxylation is 1. The van der Waals surface area contributed by atoms with Crippen molar-refractivity contribution in [2.45, 2.75) is 19.5 Å². The molecule has 2 saturated heterocycles. The van der Waals surface area contributed by atoms with Gasteiger partial charge in [0.1, 0.15) is 0 Å². The minimum Gasteiger partial charge on any atom is -0.301 e. The van der Waals surface area contributed by atoms with E-state index in [0.717, 1.165) is 29.9 Å². The Labute approximate surface area is 149 Å². The Hall–Kier alpha value is -1.36. The maximum absolute atomic E-state index is 5.95. The fourth-order valence-corrected chi connectivity index (χ4v) is 4.78. The molecule has 4 rings (SSSR count). The molecule has 2 aromatic rings. The van der Waals surface area contributed by atoms with E-state index in [0.29, 0.717) is 6.04 Å². The summed E-state index contributed by atoms with van der Waals surface area (Å²) >= 11 is 5.95. The van der Waals surface area contributed by atoms with Crippen molar-refractivity contribution in [1.29, 1.82) is 0 Å². The number of rotatable bonds is 4. The van der Waals surface area contributed by atoms with Crippen LogP contribution < -0.4 is 0 Å². The van der Waals surface area contributed by atoms with Gasteiger partial charge in [-0.2, -0.15) is 5.10 Å². The number of hydrogen-bond acceptors (Lipinski definition) is 3. The molecule has 128 valence electrons. The third kappa shape index (κ3) is 2.99. The highest BCUT2D eigenvalue weighted by molar-refractivity contribution is 6.30. The van der Waals surface area contributed by atoms with E-state index in [1.807, 2.05) is 10.9 Å². The lowest BCUT2D eigenvalue weighted by atomic mass is 9.88. The smallest absolute Gasteiger partial charge is 0.0785 e. The van der Waals surface area contributed by atoms with Crippen LogP contribution >= 0.6 is 11.6 Å². The molecule has 3 heterocycles. The molecule has 2 aliphatic heterocycles. The highest BCUT2D eigenvalue weighted by Crippen LogP contribution is 2.44. The van der Waals surface area contributed by atoms with Gasteiger partial charge in [0.15, 0.2) is 0 Å². The van der Waals surface area contributed by atoms with Crippen LogP contribution in [0.2, 0.25) is 5.02 Å². The maximum Gasteiger partial charge on any atom is 0.0785 e. The normalized spacial score (nSPS) is 27.7. The molecule has 0 N–H and O–H groups in total. The van der Waals surface area contributed by atoms with E-state index in [2.05, 4.69) is 53.1 Å². The molecule has 5 heteroatoms. The van der Waals surface area contributed by atoms with Gasteiger partial charge in [0.2, 0.25) is 0 Å². The lowest BCUT2D eigenvalue weighted by Crippen LogP contribution is -2.31. The van der Waals surface area contributed by atoms with Crippen LogP contribution in [0, 0.1) is 18.8 Å². The Kier molecular flexibility index (Phi) is 4.37. The zero-order chi connectivity index (χ0) is 16.7. The summed E-state index contributed by atoms with van der Waals surface area (Å²) in [4.78, 5) is 5.16. The summed E-state index contributed by atoms with van der Waals surface area (Å²) in [6.45, 7) is 7.79. The zero-order valence-electron chi connectivity index (χ0n) is 14.4. The highest BCUT2D eigenvalue weighted by atomic mass is 35.5. The molecule has 2 fully saturated rings. The second-order valence-corrected chi connectivity index (χ2v) is 7.78. The van der Waals surface area contributed by atoms with Gasteiger partial charge in [0.25, 0.3) is 0 Å². The Morgan fingerprint density at radius 2 is 2.00 bits per heavy atom. The fourth-order valence-electron chi connectivity index (χ4n) is 4.62. The van der Waals surface area contributed by atoms with Crippen LogP contribution in [0.3, 0.4) is 0 Å². The van der Waals surface area contributed by atoms with Gasteiger partial charge in [-0.1, -0.05) is 35.9 Å². The van der Waals surface area contributed by atoms with Gasteiger partial charge in [0.05, 0.1) is 17.8 Å². The van der Waals surface area contributed by atoms with Crippen LogP contribution in [0.5, 0.6) is 0 Å². The van der Waals surface area contributed by atoms with Gasteiger partial charge in [-0.15, -0.1) is 0 Å². The van der Waals surface area contributed by atoms with E-state index in [9.17, 15) is 0 Å². The average molecular weight is 345 g/mol. The van der Waals surface area contributed by atoms with E-state index in [1.54, 1.807) is 6.20 Å². The van der Waals surface area contributed by atoms with Crippen molar-refractivity contribution in [3.8, 4) is 0 Å². The van der Waals surface area contributed by atoms with Crippen molar-refractivity contribution < 1.29 is 0 Å². The van der Waals surface area contributed by atoms with Crippen LogP contribution in [0.4, 0.5) is 0 Å². The first kappa shape index (κ1) is 16.1. The first-order valence-electron chi connectivity index (χ1n) is 8.78. The van der Waals surface area contributed by atoms with Crippen molar-refractivity contribution in [2.24, 2.45) is 11.8 Å². The summed E-state index contributed by atoms with van der Waals surface area (Å²) in [6, 6.07) is 9.43. The zero-order valence-corrected chi connectivity index (χ0v) is 15.2. The maximum atomic E-state index is 5.95. The van der Waals surface area contributed by atoms with Crippen LogP contribution in [-0.4, -0.2) is 52.8 Å². The Balaban J connectivity index is 1.44. The van der Waals surface area contributed by atoms with Gasteiger partial charge in [-0.05, 0) is 36.9 Å². The third-order valence-corrected chi connectivity index (χ3v) is 5.92. The predicted octanol–water partition coefficient (Wildman–Crippen LogP) is 3.08. The Morgan fingerprint density at radius 3 is 2.75 bits per heavy atom. The second kappa shape index (κ2) is 6.51. The third-order valence-electron chi connectivity index (χ3n) is 5.72. The molecular formula is C19H25ClN4. The van der Waals surface area contributed by atoms with Gasteiger partial charge in [0, 0.05) is 38.4 Å². The number of hydrogen-bond donors (Lipinski definition) is 0. The number of aromatic nitrogens is 2. The first-order chi connectivity index (χ1) is 11.6. The number of likely N-dealkylation sites (tertiary alicyclic amines) is 2. The molecule has 2 aliphatic rings. The van der Waals surface area contributed by atoms with E-state index < -0.39 is 0 Å². The topological polar surface area (TPSA) is 24.3 Å². The fraction of sp³-hybridized carbons (Fsp3) is 0.526. The monoisotopic (exact) mass is 344 g/mol. The predicted molar refractivity (Wildman–Crippen MR) is 97.2 cm³/mol. The molecule has 4 nitrogen and oxygen atoms in total.